The van der Waals surface area contributed by atoms with Gasteiger partial charge in [-0.3, -0.25) is 9.59 Å². The number of benzene rings is 1. The van der Waals surface area contributed by atoms with Crippen LogP contribution in [-0.4, -0.2) is 30.1 Å². The number of hydrogen-bond acceptors (Lipinski definition) is 3. The molecule has 0 radical (unpaired) electrons. The SMILES string of the molecule is Cc1ccc(C2OCCCC2CNC(=O)[C@@H]2CC[C@H](C(=O)O)C2)cc1. The monoisotopic (exact) mass is 345 g/mol. The lowest BCUT2D eigenvalue weighted by Crippen LogP contribution is -2.37. The van der Waals surface area contributed by atoms with Gasteiger partial charge in [0.1, 0.15) is 0 Å². The minimum atomic E-state index is -0.782. The maximum Gasteiger partial charge on any atom is 0.306 e. The number of hydrogen-bond donors (Lipinski definition) is 2. The van der Waals surface area contributed by atoms with Crippen molar-refractivity contribution in [3.8, 4) is 0 Å². The number of carbonyl (C=O) groups excluding carboxylic acids is 1. The van der Waals surface area contributed by atoms with E-state index < -0.39 is 5.97 Å². The Labute approximate surface area is 148 Å². The van der Waals surface area contributed by atoms with Crippen LogP contribution in [0.3, 0.4) is 0 Å². The lowest BCUT2D eigenvalue weighted by Gasteiger charge is -2.32. The Morgan fingerprint density at radius 2 is 1.88 bits per heavy atom. The summed E-state index contributed by atoms with van der Waals surface area (Å²) in [6, 6.07) is 8.39. The number of rotatable bonds is 5. The van der Waals surface area contributed by atoms with Gasteiger partial charge in [-0.05, 0) is 44.6 Å². The molecule has 2 unspecified atom stereocenters. The molecule has 5 nitrogen and oxygen atoms in total. The highest BCUT2D eigenvalue weighted by Gasteiger charge is 2.34. The van der Waals surface area contributed by atoms with Gasteiger partial charge in [0.2, 0.25) is 5.91 Å². The molecule has 1 saturated carbocycles. The molecule has 3 rings (SSSR count). The van der Waals surface area contributed by atoms with Crippen LogP contribution in [0.15, 0.2) is 24.3 Å². The van der Waals surface area contributed by atoms with E-state index in [1.54, 1.807) is 0 Å². The van der Waals surface area contributed by atoms with Crippen molar-refractivity contribution in [1.29, 1.82) is 0 Å². The predicted molar refractivity (Wildman–Crippen MR) is 94.1 cm³/mol. The van der Waals surface area contributed by atoms with Gasteiger partial charge in [-0.1, -0.05) is 29.8 Å². The molecule has 25 heavy (non-hydrogen) atoms. The Kier molecular flexibility index (Phi) is 5.74. The Morgan fingerprint density at radius 1 is 1.16 bits per heavy atom. The smallest absolute Gasteiger partial charge is 0.306 e. The van der Waals surface area contributed by atoms with E-state index in [2.05, 4.69) is 36.5 Å². The fourth-order valence-corrected chi connectivity index (χ4v) is 4.00. The fourth-order valence-electron chi connectivity index (χ4n) is 4.00. The zero-order chi connectivity index (χ0) is 17.8. The second kappa shape index (κ2) is 8.00. The number of aliphatic carboxylic acids is 1. The van der Waals surface area contributed by atoms with Crippen molar-refractivity contribution in [3.05, 3.63) is 35.4 Å². The molecule has 2 aliphatic rings. The minimum absolute atomic E-state index is 0.00280. The Balaban J connectivity index is 1.56. The van der Waals surface area contributed by atoms with Crippen LogP contribution in [0, 0.1) is 24.7 Å². The Bertz CT molecular complexity index is 613. The summed E-state index contributed by atoms with van der Waals surface area (Å²) in [4.78, 5) is 23.4. The first-order valence-corrected chi connectivity index (χ1v) is 9.23. The van der Waals surface area contributed by atoms with Gasteiger partial charge in [-0.15, -0.1) is 0 Å². The summed E-state index contributed by atoms with van der Waals surface area (Å²) in [6.07, 6.45) is 3.79. The van der Waals surface area contributed by atoms with Crippen LogP contribution >= 0.6 is 0 Å². The van der Waals surface area contributed by atoms with Crippen LogP contribution < -0.4 is 5.32 Å². The summed E-state index contributed by atoms with van der Waals surface area (Å²) in [7, 11) is 0. The lowest BCUT2D eigenvalue weighted by atomic mass is 9.89. The Morgan fingerprint density at radius 3 is 2.56 bits per heavy atom. The quantitative estimate of drug-likeness (QED) is 0.860. The van der Waals surface area contributed by atoms with E-state index in [1.165, 1.54) is 5.56 Å². The summed E-state index contributed by atoms with van der Waals surface area (Å²) in [5.74, 6) is -1.05. The Hall–Kier alpha value is -1.88. The van der Waals surface area contributed by atoms with Crippen LogP contribution in [0.2, 0.25) is 0 Å². The molecular formula is C20H27NO4. The fraction of sp³-hybridized carbons (Fsp3) is 0.600. The van der Waals surface area contributed by atoms with Crippen molar-refractivity contribution in [1.82, 2.24) is 5.32 Å². The number of carboxylic acid groups (broad SMARTS) is 1. The molecule has 0 aromatic heterocycles. The van der Waals surface area contributed by atoms with E-state index in [1.807, 2.05) is 0 Å². The summed E-state index contributed by atoms with van der Waals surface area (Å²) in [5.41, 5.74) is 2.38. The molecule has 1 amide bonds. The summed E-state index contributed by atoms with van der Waals surface area (Å²) in [5, 5.41) is 12.1. The molecule has 5 heteroatoms. The highest BCUT2D eigenvalue weighted by Crippen LogP contribution is 2.34. The molecule has 1 saturated heterocycles. The third-order valence-electron chi connectivity index (χ3n) is 5.54. The number of nitrogens with one attached hydrogen (secondary N) is 1. The summed E-state index contributed by atoms with van der Waals surface area (Å²) in [6.45, 7) is 3.41. The largest absolute Gasteiger partial charge is 0.481 e. The lowest BCUT2D eigenvalue weighted by molar-refractivity contribution is -0.141. The average Bonchev–Trinajstić information content (AvgIpc) is 3.11. The first kappa shape index (κ1) is 17.9. The van der Waals surface area contributed by atoms with Gasteiger partial charge in [0.05, 0.1) is 12.0 Å². The van der Waals surface area contributed by atoms with Crippen molar-refractivity contribution in [2.45, 2.75) is 45.1 Å². The molecule has 2 fully saturated rings. The molecule has 0 spiro atoms. The highest BCUT2D eigenvalue weighted by atomic mass is 16.5. The molecule has 2 N–H and O–H groups in total. The predicted octanol–water partition coefficient (Wildman–Crippen LogP) is 3.08. The molecule has 0 bridgehead atoms. The molecular weight excluding hydrogens is 318 g/mol. The van der Waals surface area contributed by atoms with Gasteiger partial charge >= 0.3 is 5.97 Å². The second-order valence-electron chi connectivity index (χ2n) is 7.39. The van der Waals surface area contributed by atoms with Crippen LogP contribution in [0.1, 0.15) is 49.3 Å². The van der Waals surface area contributed by atoms with Crippen LogP contribution in [0.4, 0.5) is 0 Å². The average molecular weight is 345 g/mol. The molecule has 1 aliphatic carbocycles. The van der Waals surface area contributed by atoms with E-state index in [0.717, 1.165) is 25.0 Å². The number of aryl methyl sites for hydroxylation is 1. The van der Waals surface area contributed by atoms with Crippen molar-refractivity contribution >= 4 is 11.9 Å². The second-order valence-corrected chi connectivity index (χ2v) is 7.39. The van der Waals surface area contributed by atoms with Crippen LogP contribution in [-0.2, 0) is 14.3 Å². The normalized spacial score (nSPS) is 29.3. The number of amides is 1. The van der Waals surface area contributed by atoms with E-state index in [4.69, 9.17) is 9.84 Å². The molecule has 1 aromatic carbocycles. The van der Waals surface area contributed by atoms with Gasteiger partial charge < -0.3 is 15.2 Å². The molecule has 1 heterocycles. The summed E-state index contributed by atoms with van der Waals surface area (Å²) >= 11 is 0. The van der Waals surface area contributed by atoms with Gasteiger partial charge in [-0.2, -0.15) is 0 Å². The number of carbonyl (C=O) groups is 2. The van der Waals surface area contributed by atoms with Crippen molar-refractivity contribution in [3.63, 3.8) is 0 Å². The van der Waals surface area contributed by atoms with Gasteiger partial charge in [0.25, 0.3) is 0 Å². The van der Waals surface area contributed by atoms with Crippen LogP contribution in [0.5, 0.6) is 0 Å². The van der Waals surface area contributed by atoms with Gasteiger partial charge in [-0.25, -0.2) is 0 Å². The summed E-state index contributed by atoms with van der Waals surface area (Å²) < 4.78 is 5.99. The van der Waals surface area contributed by atoms with Crippen LogP contribution in [0.25, 0.3) is 0 Å². The first-order valence-electron chi connectivity index (χ1n) is 9.23. The van der Waals surface area contributed by atoms with Crippen molar-refractivity contribution in [2.24, 2.45) is 17.8 Å². The third-order valence-corrected chi connectivity index (χ3v) is 5.54. The van der Waals surface area contributed by atoms with Crippen molar-refractivity contribution in [2.75, 3.05) is 13.2 Å². The first-order chi connectivity index (χ1) is 12.0. The molecule has 1 aliphatic heterocycles. The maximum atomic E-state index is 12.4. The molecule has 4 atom stereocenters. The van der Waals surface area contributed by atoms with E-state index in [9.17, 15) is 9.59 Å². The topological polar surface area (TPSA) is 75.6 Å². The standard InChI is InChI=1S/C20H27NO4/c1-13-4-6-14(7-5-13)18-17(3-2-10-25-18)12-21-19(22)15-8-9-16(11-15)20(23)24/h4-7,15-18H,2-3,8-12H2,1H3,(H,21,22)(H,23,24)/t15-,16+,17?,18?/m1/s1. The zero-order valence-electron chi connectivity index (χ0n) is 14.7. The highest BCUT2D eigenvalue weighted by molar-refractivity contribution is 5.80. The number of carboxylic acids is 1. The van der Waals surface area contributed by atoms with E-state index >= 15 is 0 Å². The van der Waals surface area contributed by atoms with E-state index in [0.29, 0.717) is 25.8 Å². The van der Waals surface area contributed by atoms with E-state index in [-0.39, 0.29) is 29.8 Å². The van der Waals surface area contributed by atoms with Gasteiger partial charge in [0, 0.05) is 25.0 Å². The third kappa shape index (κ3) is 4.40. The maximum absolute atomic E-state index is 12.4. The minimum Gasteiger partial charge on any atom is -0.481 e. The molecule has 1 aromatic rings. The molecule has 136 valence electrons. The zero-order valence-corrected chi connectivity index (χ0v) is 14.7. The van der Waals surface area contributed by atoms with Crippen molar-refractivity contribution < 1.29 is 19.4 Å². The number of ether oxygens (including phenoxy) is 1. The van der Waals surface area contributed by atoms with Gasteiger partial charge in [0.15, 0.2) is 0 Å².